The van der Waals surface area contributed by atoms with Crippen LogP contribution in [0, 0.1) is 12.7 Å². The van der Waals surface area contributed by atoms with E-state index in [1.54, 1.807) is 37.5 Å². The maximum absolute atomic E-state index is 13.7. The van der Waals surface area contributed by atoms with Crippen molar-refractivity contribution in [2.45, 2.75) is 6.92 Å². The van der Waals surface area contributed by atoms with Gasteiger partial charge in [-0.3, -0.25) is 14.8 Å². The number of amides is 1. The topological polar surface area (TPSA) is 54.9 Å². The quantitative estimate of drug-likeness (QED) is 0.778. The molecule has 0 aliphatic carbocycles. The van der Waals surface area contributed by atoms with Crippen LogP contribution in [0.1, 0.15) is 16.1 Å². The lowest BCUT2D eigenvalue weighted by atomic mass is 10.1. The summed E-state index contributed by atoms with van der Waals surface area (Å²) in [6.45, 7) is 1.73. The highest BCUT2D eigenvalue weighted by atomic mass is 35.5. The van der Waals surface area contributed by atoms with Crippen molar-refractivity contribution < 1.29 is 9.18 Å². The minimum absolute atomic E-state index is 0.154. The molecule has 2 heterocycles. The van der Waals surface area contributed by atoms with Crippen LogP contribution in [0.3, 0.4) is 0 Å². The fraction of sp³-hybridized carbons (Fsp3) is 0.0625. The molecule has 0 bridgehead atoms. The Balaban J connectivity index is 2.04. The van der Waals surface area contributed by atoms with Gasteiger partial charge in [-0.25, -0.2) is 4.39 Å². The van der Waals surface area contributed by atoms with Gasteiger partial charge in [-0.15, -0.1) is 0 Å². The van der Waals surface area contributed by atoms with Crippen LogP contribution in [0.5, 0.6) is 0 Å². The van der Waals surface area contributed by atoms with Crippen molar-refractivity contribution in [1.29, 1.82) is 0 Å². The zero-order chi connectivity index (χ0) is 15.7. The number of anilines is 1. The molecule has 1 amide bonds. The molecule has 0 spiro atoms. The number of rotatable bonds is 2. The summed E-state index contributed by atoms with van der Waals surface area (Å²) < 4.78 is 13.7. The summed E-state index contributed by atoms with van der Waals surface area (Å²) >= 11 is 6.11. The predicted molar refractivity (Wildman–Crippen MR) is 83.6 cm³/mol. The molecule has 3 aromatic rings. The van der Waals surface area contributed by atoms with Crippen LogP contribution in [0.25, 0.3) is 10.9 Å². The number of pyridine rings is 2. The lowest BCUT2D eigenvalue weighted by Crippen LogP contribution is -2.14. The van der Waals surface area contributed by atoms with Crippen LogP contribution in [0.15, 0.2) is 42.7 Å². The number of nitrogens with one attached hydrogen (secondary N) is 1. The van der Waals surface area contributed by atoms with Crippen LogP contribution in [-0.4, -0.2) is 15.9 Å². The van der Waals surface area contributed by atoms with Crippen molar-refractivity contribution in [3.05, 3.63) is 64.8 Å². The Labute approximate surface area is 131 Å². The van der Waals surface area contributed by atoms with Gasteiger partial charge in [-0.2, -0.15) is 0 Å². The second kappa shape index (κ2) is 5.69. The number of nitrogens with zero attached hydrogens (tertiary/aromatic N) is 2. The molecule has 0 radical (unpaired) electrons. The maximum Gasteiger partial charge on any atom is 0.258 e. The molecule has 0 unspecified atom stereocenters. The molecule has 2 aromatic heterocycles. The van der Waals surface area contributed by atoms with E-state index in [2.05, 4.69) is 15.3 Å². The molecule has 1 N–H and O–H groups in total. The minimum Gasteiger partial charge on any atom is -0.320 e. The summed E-state index contributed by atoms with van der Waals surface area (Å²) in [4.78, 5) is 20.6. The highest BCUT2D eigenvalue weighted by Gasteiger charge is 2.15. The molecular weight excluding hydrogens is 305 g/mol. The molecule has 1 aromatic carbocycles. The molecule has 0 saturated heterocycles. The van der Waals surface area contributed by atoms with Gasteiger partial charge in [0.1, 0.15) is 5.82 Å². The average molecular weight is 316 g/mol. The van der Waals surface area contributed by atoms with Gasteiger partial charge in [0.05, 0.1) is 27.5 Å². The number of carbonyl (C=O) groups is 1. The lowest BCUT2D eigenvalue weighted by molar-refractivity contribution is 0.102. The fourth-order valence-electron chi connectivity index (χ4n) is 2.16. The van der Waals surface area contributed by atoms with Crippen molar-refractivity contribution in [2.24, 2.45) is 0 Å². The SMILES string of the molecule is Cc1nccc(NC(=O)c2cc(F)cc3cccnc23)c1Cl. The number of aryl methyl sites for hydroxylation is 1. The first-order chi connectivity index (χ1) is 10.6. The van der Waals surface area contributed by atoms with Gasteiger partial charge in [0.2, 0.25) is 0 Å². The van der Waals surface area contributed by atoms with Gasteiger partial charge in [-0.1, -0.05) is 17.7 Å². The summed E-state index contributed by atoms with van der Waals surface area (Å²) in [7, 11) is 0. The first kappa shape index (κ1) is 14.4. The highest BCUT2D eigenvalue weighted by molar-refractivity contribution is 6.34. The summed E-state index contributed by atoms with van der Waals surface area (Å²) in [6, 6.07) is 7.47. The third kappa shape index (κ3) is 2.63. The Morgan fingerprint density at radius 3 is 2.86 bits per heavy atom. The van der Waals surface area contributed by atoms with Crippen LogP contribution >= 0.6 is 11.6 Å². The maximum atomic E-state index is 13.7. The monoisotopic (exact) mass is 315 g/mol. The van der Waals surface area contributed by atoms with Gasteiger partial charge >= 0.3 is 0 Å². The second-order valence-electron chi connectivity index (χ2n) is 4.74. The molecule has 22 heavy (non-hydrogen) atoms. The highest BCUT2D eigenvalue weighted by Crippen LogP contribution is 2.25. The molecule has 4 nitrogen and oxygen atoms in total. The molecular formula is C16H11ClFN3O. The average Bonchev–Trinajstić information content (AvgIpc) is 2.51. The Kier molecular flexibility index (Phi) is 3.73. The van der Waals surface area contributed by atoms with E-state index < -0.39 is 11.7 Å². The van der Waals surface area contributed by atoms with Crippen molar-refractivity contribution >= 4 is 34.1 Å². The van der Waals surface area contributed by atoms with Gasteiger partial charge in [0, 0.05) is 17.8 Å². The van der Waals surface area contributed by atoms with Crippen molar-refractivity contribution in [2.75, 3.05) is 5.32 Å². The van der Waals surface area contributed by atoms with Crippen molar-refractivity contribution in [1.82, 2.24) is 9.97 Å². The number of carbonyl (C=O) groups excluding carboxylic acids is 1. The predicted octanol–water partition coefficient (Wildman–Crippen LogP) is 3.98. The lowest BCUT2D eigenvalue weighted by Gasteiger charge is -2.10. The number of aromatic nitrogens is 2. The number of benzene rings is 1. The van der Waals surface area contributed by atoms with Crippen molar-refractivity contribution in [3.63, 3.8) is 0 Å². The van der Waals surface area contributed by atoms with Crippen LogP contribution in [-0.2, 0) is 0 Å². The standard InChI is InChI=1S/C16H11ClFN3O/c1-9-14(17)13(4-6-19-9)21-16(22)12-8-11(18)7-10-3-2-5-20-15(10)12/h2-8H,1H3,(H,19,21,22). The molecule has 0 aliphatic heterocycles. The number of hydrogen-bond donors (Lipinski definition) is 1. The Hall–Kier alpha value is -2.53. The van der Waals surface area contributed by atoms with E-state index >= 15 is 0 Å². The van der Waals surface area contributed by atoms with Crippen LogP contribution < -0.4 is 5.32 Å². The van der Waals surface area contributed by atoms with E-state index in [1.165, 1.54) is 6.07 Å². The number of hydrogen-bond acceptors (Lipinski definition) is 3. The zero-order valence-electron chi connectivity index (χ0n) is 11.6. The molecule has 6 heteroatoms. The minimum atomic E-state index is -0.498. The van der Waals surface area contributed by atoms with Crippen LogP contribution in [0.4, 0.5) is 10.1 Å². The Bertz CT molecular complexity index is 882. The molecule has 0 atom stereocenters. The van der Waals surface area contributed by atoms with E-state index in [-0.39, 0.29) is 5.56 Å². The Morgan fingerprint density at radius 1 is 1.23 bits per heavy atom. The first-order valence-electron chi connectivity index (χ1n) is 6.53. The van der Waals surface area contributed by atoms with Gasteiger partial charge in [0.15, 0.2) is 0 Å². The fourth-order valence-corrected chi connectivity index (χ4v) is 2.32. The number of halogens is 2. The largest absolute Gasteiger partial charge is 0.320 e. The van der Waals surface area contributed by atoms with Gasteiger partial charge in [-0.05, 0) is 31.2 Å². The summed E-state index contributed by atoms with van der Waals surface area (Å²) in [5.41, 5.74) is 1.61. The number of fused-ring (bicyclic) bond motifs is 1. The van der Waals surface area contributed by atoms with Crippen molar-refractivity contribution in [3.8, 4) is 0 Å². The first-order valence-corrected chi connectivity index (χ1v) is 6.91. The summed E-state index contributed by atoms with van der Waals surface area (Å²) in [5, 5.41) is 3.58. The zero-order valence-corrected chi connectivity index (χ0v) is 12.4. The molecule has 110 valence electrons. The van der Waals surface area contributed by atoms with Gasteiger partial charge in [0.25, 0.3) is 5.91 Å². The van der Waals surface area contributed by atoms with E-state index in [0.717, 1.165) is 6.07 Å². The van der Waals surface area contributed by atoms with E-state index in [0.29, 0.717) is 27.3 Å². The summed E-state index contributed by atoms with van der Waals surface area (Å²) in [5.74, 6) is -0.974. The smallest absolute Gasteiger partial charge is 0.258 e. The van der Waals surface area contributed by atoms with E-state index in [9.17, 15) is 9.18 Å². The third-order valence-electron chi connectivity index (χ3n) is 3.23. The Morgan fingerprint density at radius 2 is 2.05 bits per heavy atom. The molecule has 3 rings (SSSR count). The van der Waals surface area contributed by atoms with E-state index in [4.69, 9.17) is 11.6 Å². The third-order valence-corrected chi connectivity index (χ3v) is 3.70. The van der Waals surface area contributed by atoms with Crippen LogP contribution in [0.2, 0.25) is 5.02 Å². The van der Waals surface area contributed by atoms with E-state index in [1.807, 2.05) is 0 Å². The van der Waals surface area contributed by atoms with Gasteiger partial charge < -0.3 is 5.32 Å². The second-order valence-corrected chi connectivity index (χ2v) is 5.12. The molecule has 0 fully saturated rings. The molecule has 0 saturated carbocycles. The molecule has 0 aliphatic rings. The normalized spacial score (nSPS) is 10.7. The summed E-state index contributed by atoms with van der Waals surface area (Å²) in [6.07, 6.45) is 3.10.